The Morgan fingerprint density at radius 1 is 1.35 bits per heavy atom. The Bertz CT molecular complexity index is 326. The molecule has 20 heavy (non-hydrogen) atoms. The summed E-state index contributed by atoms with van der Waals surface area (Å²) in [6.45, 7) is 7.68. The van der Waals surface area contributed by atoms with Crippen molar-refractivity contribution in [1.82, 2.24) is 10.6 Å². The van der Waals surface area contributed by atoms with Gasteiger partial charge in [0.05, 0.1) is 12.1 Å². The van der Waals surface area contributed by atoms with Crippen LogP contribution >= 0.6 is 0 Å². The van der Waals surface area contributed by atoms with E-state index in [0.29, 0.717) is 17.6 Å². The fraction of sp³-hybridized carbons (Fsp3) is 0.938. The van der Waals surface area contributed by atoms with Gasteiger partial charge in [0, 0.05) is 24.6 Å². The van der Waals surface area contributed by atoms with Crippen LogP contribution in [0.4, 0.5) is 0 Å². The van der Waals surface area contributed by atoms with Crippen LogP contribution in [0, 0.1) is 5.41 Å². The van der Waals surface area contributed by atoms with Gasteiger partial charge in [-0.3, -0.25) is 4.79 Å². The van der Waals surface area contributed by atoms with Gasteiger partial charge in [0.1, 0.15) is 0 Å². The molecule has 0 heterocycles. The van der Waals surface area contributed by atoms with Crippen molar-refractivity contribution >= 4 is 5.91 Å². The second kappa shape index (κ2) is 6.90. The summed E-state index contributed by atoms with van der Waals surface area (Å²) < 4.78 is 5.91. The van der Waals surface area contributed by atoms with E-state index in [1.54, 1.807) is 0 Å². The van der Waals surface area contributed by atoms with Crippen molar-refractivity contribution in [2.45, 2.75) is 77.5 Å². The van der Waals surface area contributed by atoms with Crippen LogP contribution in [-0.4, -0.2) is 37.2 Å². The lowest BCUT2D eigenvalue weighted by atomic mass is 9.60. The Hall–Kier alpha value is -0.610. The molecule has 0 aromatic carbocycles. The first-order valence-corrected chi connectivity index (χ1v) is 8.29. The third-order valence-electron chi connectivity index (χ3n) is 5.08. The van der Waals surface area contributed by atoms with E-state index in [0.717, 1.165) is 26.0 Å². The summed E-state index contributed by atoms with van der Waals surface area (Å²) in [5.41, 5.74) is 0.301. The van der Waals surface area contributed by atoms with Crippen LogP contribution in [0.3, 0.4) is 0 Å². The average Bonchev–Trinajstić information content (AvgIpc) is 2.95. The molecule has 0 aromatic heterocycles. The van der Waals surface area contributed by atoms with Gasteiger partial charge in [-0.25, -0.2) is 0 Å². The van der Waals surface area contributed by atoms with E-state index in [4.69, 9.17) is 4.74 Å². The molecule has 116 valence electrons. The van der Waals surface area contributed by atoms with E-state index in [2.05, 4.69) is 24.5 Å². The van der Waals surface area contributed by atoms with Crippen molar-refractivity contribution in [3.05, 3.63) is 0 Å². The molecular weight excluding hydrogens is 252 g/mol. The monoisotopic (exact) mass is 282 g/mol. The lowest BCUT2D eigenvalue weighted by molar-refractivity contribution is -0.138. The standard InChI is InChI=1S/C16H30N2O2/c1-4-10-17-15(19)12(3)18-13-11-14(20-5-2)16(13)8-6-7-9-16/h12-14,18H,4-11H2,1-3H3,(H,17,19). The van der Waals surface area contributed by atoms with Gasteiger partial charge in [0.2, 0.25) is 5.91 Å². The second-order valence-corrected chi connectivity index (χ2v) is 6.35. The van der Waals surface area contributed by atoms with Gasteiger partial charge >= 0.3 is 0 Å². The zero-order valence-corrected chi connectivity index (χ0v) is 13.2. The molecule has 1 amide bonds. The highest BCUT2D eigenvalue weighted by molar-refractivity contribution is 5.81. The predicted octanol–water partition coefficient (Wildman–Crippen LogP) is 2.23. The highest BCUT2D eigenvalue weighted by Gasteiger charge is 2.56. The molecule has 0 saturated heterocycles. The summed E-state index contributed by atoms with van der Waals surface area (Å²) in [4.78, 5) is 12.0. The van der Waals surface area contributed by atoms with E-state index >= 15 is 0 Å². The van der Waals surface area contributed by atoms with E-state index in [1.807, 2.05) is 6.92 Å². The number of amides is 1. The lowest BCUT2D eigenvalue weighted by Crippen LogP contribution is -2.65. The van der Waals surface area contributed by atoms with Crippen molar-refractivity contribution in [2.24, 2.45) is 5.41 Å². The minimum absolute atomic E-state index is 0.105. The van der Waals surface area contributed by atoms with Crippen molar-refractivity contribution in [3.8, 4) is 0 Å². The van der Waals surface area contributed by atoms with Crippen molar-refractivity contribution in [3.63, 3.8) is 0 Å². The van der Waals surface area contributed by atoms with E-state index in [1.165, 1.54) is 25.7 Å². The van der Waals surface area contributed by atoms with Gasteiger partial charge in [0.25, 0.3) is 0 Å². The van der Waals surface area contributed by atoms with Gasteiger partial charge in [0.15, 0.2) is 0 Å². The predicted molar refractivity (Wildman–Crippen MR) is 80.6 cm³/mol. The molecule has 0 bridgehead atoms. The largest absolute Gasteiger partial charge is 0.378 e. The molecular formula is C16H30N2O2. The molecule has 1 spiro atoms. The Balaban J connectivity index is 1.88. The van der Waals surface area contributed by atoms with Gasteiger partial charge in [-0.15, -0.1) is 0 Å². The molecule has 2 saturated carbocycles. The molecule has 2 N–H and O–H groups in total. The zero-order valence-electron chi connectivity index (χ0n) is 13.2. The highest BCUT2D eigenvalue weighted by Crippen LogP contribution is 2.54. The molecule has 4 heteroatoms. The average molecular weight is 282 g/mol. The van der Waals surface area contributed by atoms with Crippen LogP contribution in [-0.2, 0) is 9.53 Å². The number of hydrogen-bond acceptors (Lipinski definition) is 3. The molecule has 3 atom stereocenters. The molecule has 2 fully saturated rings. The topological polar surface area (TPSA) is 50.4 Å². The van der Waals surface area contributed by atoms with Gasteiger partial charge in [-0.2, -0.15) is 0 Å². The smallest absolute Gasteiger partial charge is 0.236 e. The fourth-order valence-corrected chi connectivity index (χ4v) is 3.90. The third kappa shape index (κ3) is 3.01. The maximum Gasteiger partial charge on any atom is 0.236 e. The SMILES string of the molecule is CCCNC(=O)C(C)NC1CC(OCC)C12CCCC2. The zero-order chi connectivity index (χ0) is 14.6. The Morgan fingerprint density at radius 3 is 2.65 bits per heavy atom. The molecule has 0 radical (unpaired) electrons. The van der Waals surface area contributed by atoms with Crippen molar-refractivity contribution in [2.75, 3.05) is 13.2 Å². The van der Waals surface area contributed by atoms with E-state index in [-0.39, 0.29) is 11.9 Å². The maximum atomic E-state index is 12.0. The number of hydrogen-bond donors (Lipinski definition) is 2. The van der Waals surface area contributed by atoms with Crippen LogP contribution in [0.5, 0.6) is 0 Å². The summed E-state index contributed by atoms with van der Waals surface area (Å²) in [6.07, 6.45) is 7.55. The molecule has 3 unspecified atom stereocenters. The minimum atomic E-state index is -0.105. The van der Waals surface area contributed by atoms with E-state index < -0.39 is 0 Å². The number of nitrogens with one attached hydrogen (secondary N) is 2. The van der Waals surface area contributed by atoms with Gasteiger partial charge < -0.3 is 15.4 Å². The first-order valence-electron chi connectivity index (χ1n) is 8.29. The van der Waals surface area contributed by atoms with Crippen LogP contribution in [0.1, 0.15) is 59.3 Å². The van der Waals surface area contributed by atoms with Crippen LogP contribution in [0.25, 0.3) is 0 Å². The molecule has 2 aliphatic carbocycles. The minimum Gasteiger partial charge on any atom is -0.378 e. The summed E-state index contributed by atoms with van der Waals surface area (Å²) in [7, 11) is 0. The quantitative estimate of drug-likeness (QED) is 0.753. The van der Waals surface area contributed by atoms with Crippen LogP contribution in [0.2, 0.25) is 0 Å². The van der Waals surface area contributed by atoms with Crippen LogP contribution < -0.4 is 10.6 Å². The number of rotatable bonds is 7. The molecule has 4 nitrogen and oxygen atoms in total. The summed E-state index contributed by atoms with van der Waals surface area (Å²) in [6, 6.07) is 0.343. The molecule has 0 aliphatic heterocycles. The molecule has 2 aliphatic rings. The Morgan fingerprint density at radius 2 is 2.05 bits per heavy atom. The number of carbonyl (C=O) groups is 1. The fourth-order valence-electron chi connectivity index (χ4n) is 3.90. The van der Waals surface area contributed by atoms with E-state index in [9.17, 15) is 4.79 Å². The second-order valence-electron chi connectivity index (χ2n) is 6.35. The number of ether oxygens (including phenoxy) is 1. The first kappa shape index (κ1) is 15.8. The number of carbonyl (C=O) groups excluding carboxylic acids is 1. The normalized spacial score (nSPS) is 29.1. The van der Waals surface area contributed by atoms with Gasteiger partial charge in [-0.05, 0) is 39.5 Å². The summed E-state index contributed by atoms with van der Waals surface area (Å²) >= 11 is 0. The van der Waals surface area contributed by atoms with Crippen molar-refractivity contribution in [1.29, 1.82) is 0 Å². The van der Waals surface area contributed by atoms with Crippen molar-refractivity contribution < 1.29 is 9.53 Å². The van der Waals surface area contributed by atoms with Gasteiger partial charge in [-0.1, -0.05) is 19.8 Å². The maximum absolute atomic E-state index is 12.0. The van der Waals surface area contributed by atoms with Crippen LogP contribution in [0.15, 0.2) is 0 Å². The summed E-state index contributed by atoms with van der Waals surface area (Å²) in [5.74, 6) is 0.125. The highest BCUT2D eigenvalue weighted by atomic mass is 16.5. The third-order valence-corrected chi connectivity index (χ3v) is 5.08. The Kier molecular flexibility index (Phi) is 5.44. The molecule has 2 rings (SSSR count). The lowest BCUT2D eigenvalue weighted by Gasteiger charge is -2.55. The Labute approximate surface area is 123 Å². The first-order chi connectivity index (χ1) is 9.64. The molecule has 0 aromatic rings. The summed E-state index contributed by atoms with van der Waals surface area (Å²) in [5, 5.41) is 6.52.